The Labute approximate surface area is 205 Å². The van der Waals surface area contributed by atoms with Gasteiger partial charge in [0.15, 0.2) is 0 Å². The van der Waals surface area contributed by atoms with E-state index in [0.29, 0.717) is 23.7 Å². The molecule has 180 valence electrons. The summed E-state index contributed by atoms with van der Waals surface area (Å²) in [6.07, 6.45) is 3.26. The number of anilines is 1. The van der Waals surface area contributed by atoms with Crippen molar-refractivity contribution in [2.45, 2.75) is 6.42 Å². The number of ether oxygens (including phenoxy) is 1. The normalized spacial score (nSPS) is 13.3. The number of carbonyl (C=O) groups excluding carboxylic acids is 3. The van der Waals surface area contributed by atoms with Gasteiger partial charge in [0.25, 0.3) is 11.8 Å². The molecule has 1 heterocycles. The number of benzene rings is 2. The highest BCUT2D eigenvalue weighted by Crippen LogP contribution is 2.22. The lowest BCUT2D eigenvalue weighted by Crippen LogP contribution is -3.00. The highest BCUT2D eigenvalue weighted by Gasteiger charge is 2.25. The third-order valence-electron chi connectivity index (χ3n) is 4.71. The molecule has 0 radical (unpaired) electrons. The van der Waals surface area contributed by atoms with E-state index in [0.717, 1.165) is 40.3 Å². The molecule has 2 aromatic rings. The maximum Gasteiger partial charge on any atom is 0.254 e. The number of hydrogen-bond donors (Lipinski definition) is 1. The van der Waals surface area contributed by atoms with Crippen LogP contribution < -0.4 is 22.5 Å². The van der Waals surface area contributed by atoms with Crippen molar-refractivity contribution < 1.29 is 36.0 Å². The van der Waals surface area contributed by atoms with Crippen molar-refractivity contribution in [3.63, 3.8) is 0 Å². The van der Waals surface area contributed by atoms with Gasteiger partial charge in [0.05, 0.1) is 45.7 Å². The molecule has 0 unspecified atom stereocenters. The molecule has 0 aromatic heterocycles. The molecule has 3 rings (SSSR count). The van der Waals surface area contributed by atoms with E-state index in [4.69, 9.17) is 4.74 Å². The largest absolute Gasteiger partial charge is 1.00 e. The number of amides is 3. The Balaban J connectivity index is 0.00000408. The van der Waals surface area contributed by atoms with Gasteiger partial charge in [-0.1, -0.05) is 0 Å². The van der Waals surface area contributed by atoms with Crippen LogP contribution in [0.15, 0.2) is 70.9 Å². The van der Waals surface area contributed by atoms with E-state index in [1.807, 2.05) is 24.3 Å². The molecule has 0 saturated heterocycles. The summed E-state index contributed by atoms with van der Waals surface area (Å²) in [4.78, 5) is 36.0. The minimum Gasteiger partial charge on any atom is -1.00 e. The van der Waals surface area contributed by atoms with E-state index in [9.17, 15) is 14.4 Å². The van der Waals surface area contributed by atoms with Crippen molar-refractivity contribution in [1.29, 1.82) is 0 Å². The molecule has 2 aromatic carbocycles. The summed E-state index contributed by atoms with van der Waals surface area (Å²) in [5.41, 5.74) is 1.83. The van der Waals surface area contributed by atoms with Crippen LogP contribution in [0.5, 0.6) is 5.75 Å². The first-order valence-electron chi connectivity index (χ1n) is 10.6. The van der Waals surface area contributed by atoms with Crippen LogP contribution in [-0.4, -0.2) is 67.9 Å². The summed E-state index contributed by atoms with van der Waals surface area (Å²) >= 11 is 0. The molecule has 10 heteroatoms. The van der Waals surface area contributed by atoms with Crippen LogP contribution in [0, 0.1) is 0 Å². The number of quaternary nitrogens is 1. The molecule has 34 heavy (non-hydrogen) atoms. The Bertz CT molecular complexity index is 1040. The van der Waals surface area contributed by atoms with E-state index in [2.05, 4.69) is 36.7 Å². The van der Waals surface area contributed by atoms with Crippen LogP contribution >= 0.6 is 0 Å². The summed E-state index contributed by atoms with van der Waals surface area (Å²) in [5.74, 6) is -0.658. The average Bonchev–Trinajstić information content (AvgIpc) is 3.08. The molecular formula is C24H28ClN5O4. The average molecular weight is 486 g/mol. The fraction of sp³-hybridized carbons (Fsp3) is 0.292. The standard InChI is InChI=1S/C24H27N5O4.ClH/c1-29(2,3)15-4-16-33-21-11-9-20(10-12-21)27-26-19-7-5-18(6-8-19)25-22(30)17-28-23(31)13-14-24(28)32;/h5-14H,4,15-17H2,1-3H3;1H. The second-order valence-electron chi connectivity index (χ2n) is 8.60. The van der Waals surface area contributed by atoms with E-state index in [-0.39, 0.29) is 19.0 Å². The molecule has 0 fully saturated rings. The number of azo groups is 1. The zero-order valence-corrected chi connectivity index (χ0v) is 20.2. The quantitative estimate of drug-likeness (QED) is 0.228. The number of nitrogens with zero attached hydrogens (tertiary/aromatic N) is 4. The highest BCUT2D eigenvalue weighted by molar-refractivity contribution is 6.15. The minimum atomic E-state index is -0.495. The molecule has 0 atom stereocenters. The van der Waals surface area contributed by atoms with Crippen LogP contribution in [0.2, 0.25) is 0 Å². The first-order valence-corrected chi connectivity index (χ1v) is 10.6. The van der Waals surface area contributed by atoms with E-state index >= 15 is 0 Å². The van der Waals surface area contributed by atoms with Gasteiger partial charge in [-0.15, -0.1) is 0 Å². The molecule has 0 aliphatic carbocycles. The molecule has 0 spiro atoms. The Morgan fingerprint density at radius 1 is 0.912 bits per heavy atom. The number of hydrogen-bond acceptors (Lipinski definition) is 6. The minimum absolute atomic E-state index is 0. The van der Waals surface area contributed by atoms with Crippen LogP contribution in [-0.2, 0) is 14.4 Å². The predicted molar refractivity (Wildman–Crippen MR) is 125 cm³/mol. The zero-order valence-electron chi connectivity index (χ0n) is 19.4. The lowest BCUT2D eigenvalue weighted by molar-refractivity contribution is -0.870. The van der Waals surface area contributed by atoms with E-state index < -0.39 is 17.7 Å². The maximum absolute atomic E-state index is 12.1. The van der Waals surface area contributed by atoms with Gasteiger partial charge < -0.3 is 26.9 Å². The third kappa shape index (κ3) is 8.42. The monoisotopic (exact) mass is 485 g/mol. The van der Waals surface area contributed by atoms with Crippen molar-refractivity contribution in [2.75, 3.05) is 46.2 Å². The van der Waals surface area contributed by atoms with Crippen molar-refractivity contribution >= 4 is 34.8 Å². The summed E-state index contributed by atoms with van der Waals surface area (Å²) in [6.45, 7) is 1.38. The number of carbonyl (C=O) groups is 3. The van der Waals surface area contributed by atoms with Crippen molar-refractivity contribution in [1.82, 2.24) is 4.90 Å². The first kappa shape index (κ1) is 26.7. The smallest absolute Gasteiger partial charge is 0.254 e. The van der Waals surface area contributed by atoms with Gasteiger partial charge >= 0.3 is 0 Å². The lowest BCUT2D eigenvalue weighted by Gasteiger charge is -2.23. The summed E-state index contributed by atoms with van der Waals surface area (Å²) in [7, 11) is 6.47. The molecule has 1 aliphatic rings. The Hall–Kier alpha value is -3.56. The SMILES string of the molecule is C[N+](C)(C)CCCOc1ccc(N=Nc2ccc(NC(=O)CN3C(=O)C=CC3=O)cc2)cc1.[Cl-]. The molecule has 0 bridgehead atoms. The molecule has 3 amide bonds. The summed E-state index contributed by atoms with van der Waals surface area (Å²) < 4.78 is 6.67. The first-order chi connectivity index (χ1) is 15.7. The predicted octanol–water partition coefficient (Wildman–Crippen LogP) is 0.445. The Kier molecular flexibility index (Phi) is 9.47. The van der Waals surface area contributed by atoms with Gasteiger partial charge in [0, 0.05) is 24.3 Å². The van der Waals surface area contributed by atoms with Gasteiger partial charge in [0.2, 0.25) is 5.91 Å². The van der Waals surface area contributed by atoms with Gasteiger partial charge in [-0.3, -0.25) is 19.3 Å². The number of nitrogens with one attached hydrogen (secondary N) is 1. The van der Waals surface area contributed by atoms with Crippen LogP contribution in [0.4, 0.5) is 17.1 Å². The molecular weight excluding hydrogens is 458 g/mol. The second kappa shape index (κ2) is 12.1. The third-order valence-corrected chi connectivity index (χ3v) is 4.71. The van der Waals surface area contributed by atoms with Gasteiger partial charge in [-0.25, -0.2) is 0 Å². The highest BCUT2D eigenvalue weighted by atomic mass is 35.5. The van der Waals surface area contributed by atoms with Crippen molar-refractivity contribution in [3.8, 4) is 5.75 Å². The van der Waals surface area contributed by atoms with Gasteiger partial charge in [0.1, 0.15) is 12.3 Å². The molecule has 1 N–H and O–H groups in total. The number of halogens is 1. The fourth-order valence-corrected chi connectivity index (χ4v) is 3.00. The van der Waals surface area contributed by atoms with Gasteiger partial charge in [-0.2, -0.15) is 10.2 Å². The molecule has 1 aliphatic heterocycles. The van der Waals surface area contributed by atoms with Crippen LogP contribution in [0.3, 0.4) is 0 Å². The Morgan fingerprint density at radius 2 is 1.44 bits per heavy atom. The summed E-state index contributed by atoms with van der Waals surface area (Å²) in [5, 5.41) is 11.1. The lowest BCUT2D eigenvalue weighted by atomic mass is 10.3. The summed E-state index contributed by atoms with van der Waals surface area (Å²) in [6, 6.07) is 14.2. The van der Waals surface area contributed by atoms with Crippen molar-refractivity contribution in [3.05, 3.63) is 60.7 Å². The number of imide groups is 1. The Morgan fingerprint density at radius 3 is 1.97 bits per heavy atom. The van der Waals surface area contributed by atoms with Crippen molar-refractivity contribution in [2.24, 2.45) is 10.2 Å². The maximum atomic E-state index is 12.1. The fourth-order valence-electron chi connectivity index (χ4n) is 3.00. The second-order valence-corrected chi connectivity index (χ2v) is 8.60. The topological polar surface area (TPSA) is 100 Å². The zero-order chi connectivity index (χ0) is 23.8. The van der Waals surface area contributed by atoms with E-state index in [1.165, 1.54) is 0 Å². The number of rotatable bonds is 10. The van der Waals surface area contributed by atoms with E-state index in [1.54, 1.807) is 24.3 Å². The van der Waals surface area contributed by atoms with Crippen LogP contribution in [0.1, 0.15) is 6.42 Å². The van der Waals surface area contributed by atoms with Crippen LogP contribution in [0.25, 0.3) is 0 Å². The molecule has 0 saturated carbocycles. The van der Waals surface area contributed by atoms with Gasteiger partial charge in [-0.05, 0) is 48.5 Å². The molecule has 9 nitrogen and oxygen atoms in total.